The van der Waals surface area contributed by atoms with E-state index in [1.54, 1.807) is 30.9 Å². The van der Waals surface area contributed by atoms with E-state index in [0.29, 0.717) is 11.3 Å². The van der Waals surface area contributed by atoms with Gasteiger partial charge in [0.2, 0.25) is 0 Å². The zero-order valence-corrected chi connectivity index (χ0v) is 14.0. The molecule has 2 N–H and O–H groups in total. The van der Waals surface area contributed by atoms with Crippen LogP contribution in [0, 0.1) is 0 Å². The minimum atomic E-state index is -0.233. The zero-order chi connectivity index (χ0) is 17.9. The van der Waals surface area contributed by atoms with Crippen molar-refractivity contribution in [1.29, 1.82) is 0 Å². The number of H-pyrrole nitrogens is 1. The van der Waals surface area contributed by atoms with E-state index in [-0.39, 0.29) is 11.9 Å². The smallest absolute Gasteiger partial charge is 0.270 e. The number of hydrogen-bond donors (Lipinski definition) is 2. The van der Waals surface area contributed by atoms with Crippen molar-refractivity contribution in [2.75, 3.05) is 0 Å². The molecule has 0 spiro atoms. The third-order valence-corrected chi connectivity index (χ3v) is 4.17. The normalized spacial score (nSPS) is 12.0. The van der Waals surface area contributed by atoms with Crippen molar-refractivity contribution in [3.8, 4) is 11.1 Å². The molecule has 0 saturated carbocycles. The van der Waals surface area contributed by atoms with Gasteiger partial charge in [-0.1, -0.05) is 24.3 Å². The zero-order valence-electron chi connectivity index (χ0n) is 14.0. The number of aromatic amines is 1. The molecular weight excluding hydrogens is 328 g/mol. The van der Waals surface area contributed by atoms with Gasteiger partial charge in [0.05, 0.1) is 17.9 Å². The Bertz CT molecular complexity index is 1040. The van der Waals surface area contributed by atoms with E-state index in [9.17, 15) is 4.79 Å². The summed E-state index contributed by atoms with van der Waals surface area (Å²) in [5, 5.41) is 2.96. The van der Waals surface area contributed by atoms with Gasteiger partial charge in [-0.15, -0.1) is 0 Å². The third-order valence-electron chi connectivity index (χ3n) is 4.17. The molecule has 4 rings (SSSR count). The number of benzene rings is 1. The van der Waals surface area contributed by atoms with Crippen molar-refractivity contribution < 1.29 is 4.79 Å². The molecule has 0 saturated heterocycles. The first-order valence-electron chi connectivity index (χ1n) is 8.17. The number of rotatable bonds is 4. The van der Waals surface area contributed by atoms with E-state index in [4.69, 9.17) is 0 Å². The predicted molar refractivity (Wildman–Crippen MR) is 97.2 cm³/mol. The van der Waals surface area contributed by atoms with Gasteiger partial charge in [-0.2, -0.15) is 0 Å². The minimum absolute atomic E-state index is 0.153. The number of aromatic nitrogens is 5. The topological polar surface area (TPSA) is 96.5 Å². The van der Waals surface area contributed by atoms with Crippen LogP contribution in [-0.2, 0) is 0 Å². The number of hydrogen-bond acceptors (Lipinski definition) is 5. The fraction of sp³-hybridized carbons (Fsp3) is 0.105. The molecule has 0 aliphatic rings. The summed E-state index contributed by atoms with van der Waals surface area (Å²) in [5.41, 5.74) is 4.65. The second kappa shape index (κ2) is 6.72. The number of pyridine rings is 1. The second-order valence-corrected chi connectivity index (χ2v) is 5.91. The van der Waals surface area contributed by atoms with E-state index < -0.39 is 0 Å². The molecule has 0 radical (unpaired) electrons. The number of amides is 1. The summed E-state index contributed by atoms with van der Waals surface area (Å²) in [6, 6.07) is 11.3. The van der Waals surface area contributed by atoms with Crippen LogP contribution in [0.4, 0.5) is 0 Å². The van der Waals surface area contributed by atoms with E-state index in [2.05, 4.69) is 30.2 Å². The fourth-order valence-corrected chi connectivity index (χ4v) is 2.72. The molecule has 0 bridgehead atoms. The average molecular weight is 344 g/mol. The predicted octanol–water partition coefficient (Wildman–Crippen LogP) is 2.91. The third kappa shape index (κ3) is 3.14. The van der Waals surface area contributed by atoms with E-state index >= 15 is 0 Å². The maximum absolute atomic E-state index is 12.5. The summed E-state index contributed by atoms with van der Waals surface area (Å²) < 4.78 is 0. The van der Waals surface area contributed by atoms with Gasteiger partial charge in [-0.3, -0.25) is 4.79 Å². The largest absolute Gasteiger partial charge is 0.344 e. The second-order valence-electron chi connectivity index (χ2n) is 5.91. The lowest BCUT2D eigenvalue weighted by Crippen LogP contribution is -2.27. The van der Waals surface area contributed by atoms with Gasteiger partial charge in [-0.25, -0.2) is 19.9 Å². The van der Waals surface area contributed by atoms with Crippen LogP contribution in [0.15, 0.2) is 61.4 Å². The molecule has 1 amide bonds. The van der Waals surface area contributed by atoms with Gasteiger partial charge in [-0.05, 0) is 30.2 Å². The fourth-order valence-electron chi connectivity index (χ4n) is 2.72. The lowest BCUT2D eigenvalue weighted by atomic mass is 10.0. The van der Waals surface area contributed by atoms with Crippen LogP contribution in [-0.4, -0.2) is 30.8 Å². The van der Waals surface area contributed by atoms with Crippen LogP contribution in [0.3, 0.4) is 0 Å². The summed E-state index contributed by atoms with van der Waals surface area (Å²) in [4.78, 5) is 31.8. The molecule has 3 heterocycles. The Kier molecular flexibility index (Phi) is 4.10. The van der Waals surface area contributed by atoms with Gasteiger partial charge < -0.3 is 10.3 Å². The molecule has 3 aromatic heterocycles. The SMILES string of the molecule is C[C@@H](NC(=O)c1ccc2[nH]cnc2n1)c1ccc(-c2cncnc2)cc1. The Morgan fingerprint density at radius 1 is 1.04 bits per heavy atom. The van der Waals surface area contributed by atoms with E-state index in [0.717, 1.165) is 22.2 Å². The molecule has 1 atom stereocenters. The van der Waals surface area contributed by atoms with Crippen LogP contribution in [0.1, 0.15) is 29.0 Å². The first-order chi connectivity index (χ1) is 12.7. The highest BCUT2D eigenvalue weighted by Gasteiger charge is 2.14. The summed E-state index contributed by atoms with van der Waals surface area (Å²) in [6.07, 6.45) is 6.60. The lowest BCUT2D eigenvalue weighted by Gasteiger charge is -2.14. The van der Waals surface area contributed by atoms with Gasteiger partial charge in [0.25, 0.3) is 5.91 Å². The molecule has 0 unspecified atom stereocenters. The number of nitrogens with one attached hydrogen (secondary N) is 2. The highest BCUT2D eigenvalue weighted by Crippen LogP contribution is 2.21. The molecule has 26 heavy (non-hydrogen) atoms. The van der Waals surface area contributed by atoms with Crippen molar-refractivity contribution in [3.63, 3.8) is 0 Å². The van der Waals surface area contributed by atoms with Crippen LogP contribution in [0.2, 0.25) is 0 Å². The molecule has 1 aromatic carbocycles. The van der Waals surface area contributed by atoms with Gasteiger partial charge in [0.15, 0.2) is 5.65 Å². The maximum atomic E-state index is 12.5. The minimum Gasteiger partial charge on any atom is -0.344 e. The van der Waals surface area contributed by atoms with Crippen molar-refractivity contribution in [2.45, 2.75) is 13.0 Å². The number of carbonyl (C=O) groups excluding carboxylic acids is 1. The summed E-state index contributed by atoms with van der Waals surface area (Å²) in [5.74, 6) is -0.233. The molecule has 4 aromatic rings. The Morgan fingerprint density at radius 3 is 2.58 bits per heavy atom. The van der Waals surface area contributed by atoms with Crippen LogP contribution in [0.5, 0.6) is 0 Å². The standard InChI is InChI=1S/C19H16N6O/c1-12(13-2-4-14(5-3-13)15-8-20-10-21-9-15)24-19(26)17-7-6-16-18(25-17)23-11-22-16/h2-12H,1H3,(H,24,26)(H,22,23,25)/t12-/m1/s1. The van der Waals surface area contributed by atoms with Crippen LogP contribution in [0.25, 0.3) is 22.3 Å². The molecule has 7 nitrogen and oxygen atoms in total. The number of nitrogens with zero attached hydrogens (tertiary/aromatic N) is 4. The van der Waals surface area contributed by atoms with Crippen molar-refractivity contribution in [1.82, 2.24) is 30.2 Å². The van der Waals surface area contributed by atoms with E-state index in [1.165, 1.54) is 6.33 Å². The first kappa shape index (κ1) is 15.9. The molecule has 128 valence electrons. The molecule has 0 aliphatic carbocycles. The van der Waals surface area contributed by atoms with E-state index in [1.807, 2.05) is 31.2 Å². The highest BCUT2D eigenvalue weighted by molar-refractivity contribution is 5.94. The monoisotopic (exact) mass is 344 g/mol. The first-order valence-corrected chi connectivity index (χ1v) is 8.17. The van der Waals surface area contributed by atoms with Gasteiger partial charge in [0, 0.05) is 18.0 Å². The van der Waals surface area contributed by atoms with Crippen molar-refractivity contribution in [2.24, 2.45) is 0 Å². The molecule has 0 fully saturated rings. The number of imidazole rings is 1. The summed E-state index contributed by atoms with van der Waals surface area (Å²) in [6.45, 7) is 1.94. The van der Waals surface area contributed by atoms with Crippen LogP contribution >= 0.6 is 0 Å². The molecule has 0 aliphatic heterocycles. The number of carbonyl (C=O) groups is 1. The summed E-state index contributed by atoms with van der Waals surface area (Å²) in [7, 11) is 0. The maximum Gasteiger partial charge on any atom is 0.270 e. The Morgan fingerprint density at radius 2 is 1.81 bits per heavy atom. The Labute approximate surface area is 149 Å². The van der Waals surface area contributed by atoms with Crippen LogP contribution < -0.4 is 5.32 Å². The summed E-state index contributed by atoms with van der Waals surface area (Å²) >= 11 is 0. The average Bonchev–Trinajstić information content (AvgIpc) is 3.16. The molecular formula is C19H16N6O. The Hall–Kier alpha value is -3.61. The Balaban J connectivity index is 1.48. The van der Waals surface area contributed by atoms with Crippen molar-refractivity contribution in [3.05, 3.63) is 72.7 Å². The molecule has 7 heteroatoms. The van der Waals surface area contributed by atoms with Gasteiger partial charge >= 0.3 is 0 Å². The van der Waals surface area contributed by atoms with Crippen molar-refractivity contribution >= 4 is 17.1 Å². The lowest BCUT2D eigenvalue weighted by molar-refractivity contribution is 0.0935. The quantitative estimate of drug-likeness (QED) is 0.593. The highest BCUT2D eigenvalue weighted by atomic mass is 16.1. The number of fused-ring (bicyclic) bond motifs is 1. The van der Waals surface area contributed by atoms with Gasteiger partial charge in [0.1, 0.15) is 12.0 Å².